The van der Waals surface area contributed by atoms with Crippen molar-refractivity contribution in [2.75, 3.05) is 0 Å². The van der Waals surface area contributed by atoms with E-state index < -0.39 is 0 Å². The molecule has 2 aromatic rings. The lowest BCUT2D eigenvalue weighted by atomic mass is 10.0. The van der Waals surface area contributed by atoms with E-state index in [9.17, 15) is 0 Å². The van der Waals surface area contributed by atoms with E-state index in [0.29, 0.717) is 10.7 Å². The largest absolute Gasteiger partial charge is 0.337 e. The van der Waals surface area contributed by atoms with Crippen LogP contribution in [0.15, 0.2) is 24.4 Å². The maximum atomic E-state index is 5.99. The van der Waals surface area contributed by atoms with Crippen molar-refractivity contribution in [1.29, 1.82) is 0 Å². The predicted molar refractivity (Wildman–Crippen MR) is 67.6 cm³/mol. The van der Waals surface area contributed by atoms with Gasteiger partial charge in [0.15, 0.2) is 4.77 Å². The highest BCUT2D eigenvalue weighted by atomic mass is 35.5. The van der Waals surface area contributed by atoms with Gasteiger partial charge in [-0.05, 0) is 48.3 Å². The van der Waals surface area contributed by atoms with Crippen LogP contribution in [0, 0.1) is 4.77 Å². The molecule has 82 valence electrons. The molecule has 16 heavy (non-hydrogen) atoms. The number of benzene rings is 1. The molecule has 1 aliphatic rings. The Morgan fingerprint density at radius 1 is 1.25 bits per heavy atom. The van der Waals surface area contributed by atoms with Crippen LogP contribution >= 0.6 is 23.8 Å². The van der Waals surface area contributed by atoms with Crippen LogP contribution < -0.4 is 0 Å². The summed E-state index contributed by atoms with van der Waals surface area (Å²) in [5.41, 5.74) is 3.95. The van der Waals surface area contributed by atoms with Crippen LogP contribution in [0.4, 0.5) is 0 Å². The van der Waals surface area contributed by atoms with Gasteiger partial charge in [0.2, 0.25) is 0 Å². The molecule has 1 aromatic heterocycles. The van der Waals surface area contributed by atoms with E-state index in [0.717, 1.165) is 17.9 Å². The van der Waals surface area contributed by atoms with Crippen molar-refractivity contribution in [3.8, 4) is 0 Å². The molecule has 1 heterocycles. The molecule has 0 saturated carbocycles. The fourth-order valence-corrected chi connectivity index (χ4v) is 2.74. The second-order valence-electron chi connectivity index (χ2n) is 4.22. The smallest absolute Gasteiger partial charge is 0.174 e. The zero-order valence-corrected chi connectivity index (χ0v) is 10.2. The first-order chi connectivity index (χ1) is 7.72. The first-order valence-corrected chi connectivity index (χ1v) is 6.06. The van der Waals surface area contributed by atoms with Crippen LogP contribution in [0.3, 0.4) is 0 Å². The summed E-state index contributed by atoms with van der Waals surface area (Å²) in [6.45, 7) is 0. The van der Waals surface area contributed by atoms with Gasteiger partial charge in [0, 0.05) is 22.8 Å². The summed E-state index contributed by atoms with van der Waals surface area (Å²) in [5.74, 6) is 0.501. The van der Waals surface area contributed by atoms with Crippen molar-refractivity contribution in [3.63, 3.8) is 0 Å². The van der Waals surface area contributed by atoms with Gasteiger partial charge in [0.05, 0.1) is 0 Å². The lowest BCUT2D eigenvalue weighted by molar-refractivity contribution is 0.719. The van der Waals surface area contributed by atoms with E-state index in [1.54, 1.807) is 0 Å². The number of halogens is 1. The van der Waals surface area contributed by atoms with Gasteiger partial charge < -0.3 is 9.97 Å². The monoisotopic (exact) mass is 250 g/mol. The number of H-pyrrole nitrogens is 2. The second-order valence-corrected chi connectivity index (χ2v) is 5.06. The van der Waals surface area contributed by atoms with Crippen molar-refractivity contribution in [3.05, 3.63) is 51.0 Å². The number of imidazole rings is 1. The number of aromatic amines is 2. The zero-order chi connectivity index (χ0) is 11.1. The third kappa shape index (κ3) is 1.70. The molecule has 1 unspecified atom stereocenters. The summed E-state index contributed by atoms with van der Waals surface area (Å²) in [7, 11) is 0. The van der Waals surface area contributed by atoms with Gasteiger partial charge >= 0.3 is 0 Å². The van der Waals surface area contributed by atoms with E-state index >= 15 is 0 Å². The predicted octanol–water partition coefficient (Wildman–Crippen LogP) is 3.61. The molecule has 1 aromatic carbocycles. The SMILES string of the molecule is S=c1[nH]cc(C2Cc3ccc(Cl)cc3C2)[nH]1. The lowest BCUT2D eigenvalue weighted by Gasteiger charge is -2.04. The number of hydrogen-bond acceptors (Lipinski definition) is 1. The molecule has 0 fully saturated rings. The Balaban J connectivity index is 1.93. The maximum absolute atomic E-state index is 5.99. The molecule has 2 nitrogen and oxygen atoms in total. The van der Waals surface area contributed by atoms with Crippen molar-refractivity contribution < 1.29 is 0 Å². The molecule has 0 bridgehead atoms. The molecule has 1 aliphatic carbocycles. The summed E-state index contributed by atoms with van der Waals surface area (Å²) in [5, 5.41) is 0.821. The number of rotatable bonds is 1. The van der Waals surface area contributed by atoms with Gasteiger partial charge in [0.25, 0.3) is 0 Å². The third-order valence-corrected chi connectivity index (χ3v) is 3.61. The minimum Gasteiger partial charge on any atom is -0.337 e. The minimum absolute atomic E-state index is 0.501. The van der Waals surface area contributed by atoms with E-state index in [1.165, 1.54) is 16.8 Å². The molecule has 2 N–H and O–H groups in total. The Labute approximate surface area is 104 Å². The molecule has 4 heteroatoms. The topological polar surface area (TPSA) is 31.6 Å². The Bertz CT molecular complexity index is 585. The second kappa shape index (κ2) is 3.75. The number of hydrogen-bond donors (Lipinski definition) is 2. The summed E-state index contributed by atoms with van der Waals surface area (Å²) in [6.07, 6.45) is 4.08. The number of aromatic nitrogens is 2. The molecule has 0 spiro atoms. The van der Waals surface area contributed by atoms with Gasteiger partial charge in [-0.25, -0.2) is 0 Å². The molecule has 0 radical (unpaired) electrons. The maximum Gasteiger partial charge on any atom is 0.174 e. The van der Waals surface area contributed by atoms with Crippen molar-refractivity contribution in [2.45, 2.75) is 18.8 Å². The van der Waals surface area contributed by atoms with Gasteiger partial charge in [-0.2, -0.15) is 0 Å². The average Bonchev–Trinajstić information content (AvgIpc) is 2.83. The Hall–Kier alpha value is -1.06. The Morgan fingerprint density at radius 3 is 2.81 bits per heavy atom. The fourth-order valence-electron chi connectivity index (χ4n) is 2.37. The molecular formula is C12H11ClN2S. The summed E-state index contributed by atoms with van der Waals surface area (Å²) in [4.78, 5) is 6.21. The minimum atomic E-state index is 0.501. The normalized spacial score (nSPS) is 18.7. The van der Waals surface area contributed by atoms with Crippen LogP contribution in [0.2, 0.25) is 5.02 Å². The first kappa shape index (κ1) is 10.1. The number of fused-ring (bicyclic) bond motifs is 1. The van der Waals surface area contributed by atoms with E-state index in [1.807, 2.05) is 12.3 Å². The van der Waals surface area contributed by atoms with Crippen molar-refractivity contribution in [1.82, 2.24) is 9.97 Å². The summed E-state index contributed by atoms with van der Waals surface area (Å²) >= 11 is 11.0. The molecule has 0 aliphatic heterocycles. The van der Waals surface area contributed by atoms with Crippen molar-refractivity contribution >= 4 is 23.8 Å². The van der Waals surface area contributed by atoms with E-state index in [4.69, 9.17) is 23.8 Å². The fraction of sp³-hybridized carbons (Fsp3) is 0.250. The van der Waals surface area contributed by atoms with Gasteiger partial charge in [-0.1, -0.05) is 17.7 Å². The standard InChI is InChI=1S/C12H11ClN2S/c13-10-2-1-7-3-9(4-8(7)5-10)11-6-14-12(16)15-11/h1-2,5-6,9H,3-4H2,(H2,14,15,16). The molecule has 3 rings (SSSR count). The molecular weight excluding hydrogens is 240 g/mol. The molecule has 0 amide bonds. The highest BCUT2D eigenvalue weighted by Gasteiger charge is 2.23. The van der Waals surface area contributed by atoms with E-state index in [-0.39, 0.29) is 0 Å². The highest BCUT2D eigenvalue weighted by Crippen LogP contribution is 2.34. The third-order valence-electron chi connectivity index (χ3n) is 3.16. The first-order valence-electron chi connectivity index (χ1n) is 5.27. The van der Waals surface area contributed by atoms with Crippen LogP contribution in [0.5, 0.6) is 0 Å². The highest BCUT2D eigenvalue weighted by molar-refractivity contribution is 7.71. The van der Waals surface area contributed by atoms with Gasteiger partial charge in [-0.3, -0.25) is 0 Å². The van der Waals surface area contributed by atoms with E-state index in [2.05, 4.69) is 22.1 Å². The van der Waals surface area contributed by atoms with Gasteiger partial charge in [-0.15, -0.1) is 0 Å². The Morgan fingerprint density at radius 2 is 2.06 bits per heavy atom. The Kier molecular flexibility index (Phi) is 2.37. The van der Waals surface area contributed by atoms with Crippen LogP contribution in [0.1, 0.15) is 22.7 Å². The zero-order valence-electron chi connectivity index (χ0n) is 8.59. The quantitative estimate of drug-likeness (QED) is 0.745. The number of nitrogens with one attached hydrogen (secondary N) is 2. The summed E-state index contributed by atoms with van der Waals surface area (Å²) < 4.78 is 0.698. The lowest BCUT2D eigenvalue weighted by Crippen LogP contribution is -1.97. The van der Waals surface area contributed by atoms with Gasteiger partial charge in [0.1, 0.15) is 0 Å². The van der Waals surface area contributed by atoms with Crippen LogP contribution in [0.25, 0.3) is 0 Å². The van der Waals surface area contributed by atoms with Crippen molar-refractivity contribution in [2.24, 2.45) is 0 Å². The van der Waals surface area contributed by atoms with Crippen LogP contribution in [-0.4, -0.2) is 9.97 Å². The molecule has 1 atom stereocenters. The molecule has 0 saturated heterocycles. The average molecular weight is 251 g/mol. The summed E-state index contributed by atoms with van der Waals surface area (Å²) in [6, 6.07) is 6.15. The van der Waals surface area contributed by atoms with Crippen LogP contribution in [-0.2, 0) is 12.8 Å².